The number of amides is 1. The van der Waals surface area contributed by atoms with Crippen LogP contribution in [0, 0.1) is 11.6 Å². The molecule has 0 aliphatic carbocycles. The molecule has 2 aromatic rings. The molecule has 0 aliphatic rings. The van der Waals surface area contributed by atoms with Crippen molar-refractivity contribution in [3.63, 3.8) is 0 Å². The molecule has 0 atom stereocenters. The van der Waals surface area contributed by atoms with Crippen molar-refractivity contribution in [2.75, 3.05) is 16.8 Å². The number of nitrogens with one attached hydrogen (secondary N) is 1. The van der Waals surface area contributed by atoms with Crippen molar-refractivity contribution >= 4 is 29.0 Å². The van der Waals surface area contributed by atoms with E-state index in [1.165, 1.54) is 0 Å². The average Bonchev–Trinajstić information content (AvgIpc) is 2.40. The van der Waals surface area contributed by atoms with E-state index in [9.17, 15) is 13.6 Å². The fourth-order valence-corrected chi connectivity index (χ4v) is 2.31. The second-order valence-electron chi connectivity index (χ2n) is 4.04. The molecule has 1 amide bonds. The molecule has 6 heteroatoms. The Balaban J connectivity index is 1.94. The first-order valence-corrected chi connectivity index (χ1v) is 6.76. The van der Waals surface area contributed by atoms with Crippen molar-refractivity contribution < 1.29 is 13.6 Å². The number of benzene rings is 2. The van der Waals surface area contributed by atoms with Crippen molar-refractivity contribution in [1.29, 1.82) is 0 Å². The van der Waals surface area contributed by atoms with Crippen LogP contribution in [0.1, 0.15) is 0 Å². The average molecular weight is 294 g/mol. The van der Waals surface area contributed by atoms with Gasteiger partial charge in [-0.2, -0.15) is 0 Å². The predicted octanol–water partition coefficient (Wildman–Crippen LogP) is 3.28. The summed E-state index contributed by atoms with van der Waals surface area (Å²) in [5, 5.41) is 2.63. The summed E-state index contributed by atoms with van der Waals surface area (Å²) in [4.78, 5) is 11.8. The number of carbonyl (C=O) groups excluding carboxylic acids is 1. The number of carbonyl (C=O) groups is 1. The van der Waals surface area contributed by atoms with Crippen molar-refractivity contribution in [2.24, 2.45) is 0 Å². The van der Waals surface area contributed by atoms with E-state index in [0.29, 0.717) is 11.4 Å². The molecule has 2 aromatic carbocycles. The summed E-state index contributed by atoms with van der Waals surface area (Å²) in [6, 6.07) is 9.86. The number of anilines is 2. The predicted molar refractivity (Wildman–Crippen MR) is 76.6 cm³/mol. The third kappa shape index (κ3) is 3.96. The molecule has 0 aliphatic heterocycles. The highest BCUT2D eigenvalue weighted by atomic mass is 32.2. The number of halogens is 2. The first kappa shape index (κ1) is 14.3. The number of hydrogen-bond donors (Lipinski definition) is 2. The van der Waals surface area contributed by atoms with Crippen LogP contribution < -0.4 is 11.1 Å². The largest absolute Gasteiger partial charge is 0.399 e. The van der Waals surface area contributed by atoms with Crippen molar-refractivity contribution in [2.45, 2.75) is 4.90 Å². The third-order valence-electron chi connectivity index (χ3n) is 2.42. The third-order valence-corrected chi connectivity index (χ3v) is 3.45. The molecule has 0 bridgehead atoms. The van der Waals surface area contributed by atoms with Crippen LogP contribution in [0.4, 0.5) is 20.2 Å². The summed E-state index contributed by atoms with van der Waals surface area (Å²) >= 11 is 0.934. The lowest BCUT2D eigenvalue weighted by Crippen LogP contribution is -2.14. The summed E-state index contributed by atoms with van der Waals surface area (Å²) in [5.74, 6) is -1.42. The monoisotopic (exact) mass is 294 g/mol. The molecule has 3 N–H and O–H groups in total. The van der Waals surface area contributed by atoms with Gasteiger partial charge in [0, 0.05) is 16.3 Å². The topological polar surface area (TPSA) is 55.1 Å². The van der Waals surface area contributed by atoms with Crippen LogP contribution in [0.25, 0.3) is 0 Å². The zero-order valence-electron chi connectivity index (χ0n) is 10.4. The molecular formula is C14H12F2N2OS. The second-order valence-corrected chi connectivity index (χ2v) is 5.05. The van der Waals surface area contributed by atoms with Gasteiger partial charge >= 0.3 is 0 Å². The van der Waals surface area contributed by atoms with Crippen LogP contribution in [0.3, 0.4) is 0 Å². The van der Waals surface area contributed by atoms with E-state index in [1.807, 2.05) is 0 Å². The van der Waals surface area contributed by atoms with Gasteiger partial charge in [0.2, 0.25) is 5.91 Å². The highest BCUT2D eigenvalue weighted by molar-refractivity contribution is 8.00. The first-order valence-electron chi connectivity index (χ1n) is 5.78. The molecule has 0 heterocycles. The Morgan fingerprint density at radius 1 is 1.20 bits per heavy atom. The summed E-state index contributed by atoms with van der Waals surface area (Å²) in [6.07, 6.45) is 0. The molecular weight excluding hydrogens is 282 g/mol. The quantitative estimate of drug-likeness (QED) is 0.672. The van der Waals surface area contributed by atoms with Crippen molar-refractivity contribution in [3.8, 4) is 0 Å². The Labute approximate surface area is 119 Å². The number of nitrogens with two attached hydrogens (primary N) is 1. The van der Waals surface area contributed by atoms with Crippen LogP contribution >= 0.6 is 11.8 Å². The smallest absolute Gasteiger partial charge is 0.234 e. The number of hydrogen-bond acceptors (Lipinski definition) is 3. The Morgan fingerprint density at radius 3 is 2.75 bits per heavy atom. The van der Waals surface area contributed by atoms with E-state index >= 15 is 0 Å². The Kier molecular flexibility index (Phi) is 4.57. The fraction of sp³-hybridized carbons (Fsp3) is 0.0714. The summed E-state index contributed by atoms with van der Waals surface area (Å²) in [6.45, 7) is 0. The van der Waals surface area contributed by atoms with Gasteiger partial charge in [-0.25, -0.2) is 8.78 Å². The lowest BCUT2D eigenvalue weighted by atomic mass is 10.3. The highest BCUT2D eigenvalue weighted by Crippen LogP contribution is 2.23. The van der Waals surface area contributed by atoms with E-state index < -0.39 is 11.6 Å². The normalized spacial score (nSPS) is 10.3. The fourth-order valence-electron chi connectivity index (χ4n) is 1.54. The minimum atomic E-state index is -0.548. The van der Waals surface area contributed by atoms with E-state index in [-0.39, 0.29) is 16.6 Å². The zero-order valence-corrected chi connectivity index (χ0v) is 11.2. The Morgan fingerprint density at radius 2 is 2.00 bits per heavy atom. The van der Waals surface area contributed by atoms with Crippen LogP contribution in [0.15, 0.2) is 47.4 Å². The number of thioether (sulfide) groups is 1. The van der Waals surface area contributed by atoms with Crippen molar-refractivity contribution in [1.82, 2.24) is 0 Å². The van der Waals surface area contributed by atoms with Gasteiger partial charge in [0.1, 0.15) is 11.6 Å². The molecule has 0 unspecified atom stereocenters. The van der Waals surface area contributed by atoms with Crippen LogP contribution in [-0.4, -0.2) is 11.7 Å². The molecule has 0 saturated carbocycles. The van der Waals surface area contributed by atoms with Gasteiger partial charge in [-0.15, -0.1) is 11.8 Å². The van der Waals surface area contributed by atoms with E-state index in [1.54, 1.807) is 24.3 Å². The molecule has 0 fully saturated rings. The van der Waals surface area contributed by atoms with Gasteiger partial charge in [-0.1, -0.05) is 6.07 Å². The lowest BCUT2D eigenvalue weighted by Gasteiger charge is -2.06. The van der Waals surface area contributed by atoms with Gasteiger partial charge in [-0.05, 0) is 36.4 Å². The van der Waals surface area contributed by atoms with Crippen LogP contribution in [0.5, 0.6) is 0 Å². The summed E-state index contributed by atoms with van der Waals surface area (Å²) < 4.78 is 26.3. The number of nitrogen functional groups attached to an aromatic ring is 1. The Bertz CT molecular complexity index is 634. The highest BCUT2D eigenvalue weighted by Gasteiger charge is 2.08. The van der Waals surface area contributed by atoms with Crippen LogP contribution in [0.2, 0.25) is 0 Å². The van der Waals surface area contributed by atoms with Gasteiger partial charge in [0.15, 0.2) is 0 Å². The maximum Gasteiger partial charge on any atom is 0.234 e. The summed E-state index contributed by atoms with van der Waals surface area (Å²) in [5.41, 5.74) is 6.69. The van der Waals surface area contributed by atoms with Crippen molar-refractivity contribution in [3.05, 3.63) is 54.1 Å². The van der Waals surface area contributed by atoms with Gasteiger partial charge in [0.05, 0.1) is 5.75 Å². The molecule has 0 spiro atoms. The first-order chi connectivity index (χ1) is 9.54. The zero-order chi connectivity index (χ0) is 14.5. The minimum Gasteiger partial charge on any atom is -0.399 e. The number of rotatable bonds is 4. The van der Waals surface area contributed by atoms with Gasteiger partial charge in [0.25, 0.3) is 0 Å². The molecule has 2 rings (SSSR count). The van der Waals surface area contributed by atoms with E-state index in [4.69, 9.17) is 5.73 Å². The lowest BCUT2D eigenvalue weighted by molar-refractivity contribution is -0.113. The van der Waals surface area contributed by atoms with Gasteiger partial charge < -0.3 is 11.1 Å². The van der Waals surface area contributed by atoms with Gasteiger partial charge in [-0.3, -0.25) is 4.79 Å². The molecule has 3 nitrogen and oxygen atoms in total. The molecule has 0 radical (unpaired) electrons. The molecule has 20 heavy (non-hydrogen) atoms. The van der Waals surface area contributed by atoms with E-state index in [0.717, 1.165) is 30.0 Å². The molecule has 0 aromatic heterocycles. The maximum absolute atomic E-state index is 13.4. The minimum absolute atomic E-state index is 0.0187. The Hall–Kier alpha value is -2.08. The SMILES string of the molecule is Nc1cccc(NC(=O)CSc2cc(F)ccc2F)c1. The maximum atomic E-state index is 13.4. The van der Waals surface area contributed by atoms with Crippen LogP contribution in [-0.2, 0) is 4.79 Å². The van der Waals surface area contributed by atoms with E-state index in [2.05, 4.69) is 5.32 Å². The molecule has 0 saturated heterocycles. The standard InChI is InChI=1S/C14H12F2N2OS/c15-9-4-5-12(16)13(6-9)20-8-14(19)18-11-3-1-2-10(17)7-11/h1-7H,8,17H2,(H,18,19). The molecule has 104 valence electrons. The summed E-state index contributed by atoms with van der Waals surface area (Å²) in [7, 11) is 0. The second kappa shape index (κ2) is 6.38.